The minimum atomic E-state index is -1.16. The summed E-state index contributed by atoms with van der Waals surface area (Å²) in [7, 11) is 0. The molecule has 2 nitrogen and oxygen atoms in total. The van der Waals surface area contributed by atoms with Crippen LogP contribution >= 0.6 is 15.9 Å². The van der Waals surface area contributed by atoms with E-state index in [9.17, 15) is 18.0 Å². The van der Waals surface area contributed by atoms with Gasteiger partial charge < -0.3 is 5.32 Å². The molecule has 0 aliphatic heterocycles. The number of halogens is 4. The first-order valence-electron chi connectivity index (χ1n) is 5.60. The Morgan fingerprint density at radius 2 is 1.65 bits per heavy atom. The Morgan fingerprint density at radius 3 is 2.20 bits per heavy atom. The summed E-state index contributed by atoms with van der Waals surface area (Å²) in [5.41, 5.74) is 0.374. The molecule has 0 bridgehead atoms. The molecule has 0 unspecified atom stereocenters. The summed E-state index contributed by atoms with van der Waals surface area (Å²) in [5.74, 6) is -4.06. The second-order valence-electron chi connectivity index (χ2n) is 4.22. The number of aryl methyl sites for hydroxylation is 1. The SMILES string of the molecule is Cc1cc(Br)cc(C(=O)Nc2c(F)cc(F)cc2F)c1. The molecule has 0 radical (unpaired) electrons. The van der Waals surface area contributed by atoms with Crippen LogP contribution < -0.4 is 5.32 Å². The van der Waals surface area contributed by atoms with Crippen LogP contribution in [0.2, 0.25) is 0 Å². The lowest BCUT2D eigenvalue weighted by molar-refractivity contribution is 0.102. The molecule has 2 aromatic rings. The number of benzene rings is 2. The minimum Gasteiger partial charge on any atom is -0.317 e. The molecule has 1 amide bonds. The molecule has 2 rings (SSSR count). The van der Waals surface area contributed by atoms with Crippen LogP contribution in [-0.2, 0) is 0 Å². The summed E-state index contributed by atoms with van der Waals surface area (Å²) < 4.78 is 40.3. The largest absolute Gasteiger partial charge is 0.317 e. The van der Waals surface area contributed by atoms with Crippen molar-refractivity contribution < 1.29 is 18.0 Å². The van der Waals surface area contributed by atoms with Gasteiger partial charge in [-0.15, -0.1) is 0 Å². The van der Waals surface area contributed by atoms with E-state index in [1.54, 1.807) is 19.1 Å². The van der Waals surface area contributed by atoms with Crippen molar-refractivity contribution in [2.45, 2.75) is 6.92 Å². The molecule has 0 saturated heterocycles. The lowest BCUT2D eigenvalue weighted by Crippen LogP contribution is -2.14. The zero-order valence-corrected chi connectivity index (χ0v) is 11.9. The molecule has 1 N–H and O–H groups in total. The molecule has 0 atom stereocenters. The van der Waals surface area contributed by atoms with E-state index in [2.05, 4.69) is 21.2 Å². The molecular weight excluding hydrogens is 335 g/mol. The molecule has 0 fully saturated rings. The van der Waals surface area contributed by atoms with Gasteiger partial charge in [0.15, 0.2) is 11.6 Å². The average molecular weight is 344 g/mol. The third kappa shape index (κ3) is 3.19. The number of nitrogens with one attached hydrogen (secondary N) is 1. The summed E-state index contributed by atoms with van der Waals surface area (Å²) in [4.78, 5) is 11.9. The number of amides is 1. The van der Waals surface area contributed by atoms with Crippen LogP contribution in [0.1, 0.15) is 15.9 Å². The fourth-order valence-electron chi connectivity index (χ4n) is 1.71. The third-order valence-electron chi connectivity index (χ3n) is 2.55. The predicted molar refractivity (Wildman–Crippen MR) is 73.1 cm³/mol. The Hall–Kier alpha value is -1.82. The summed E-state index contributed by atoms with van der Waals surface area (Å²) >= 11 is 3.23. The van der Waals surface area contributed by atoms with Gasteiger partial charge in [-0.2, -0.15) is 0 Å². The number of anilines is 1. The van der Waals surface area contributed by atoms with E-state index >= 15 is 0 Å². The van der Waals surface area contributed by atoms with E-state index in [0.717, 1.165) is 5.56 Å². The van der Waals surface area contributed by atoms with Crippen molar-refractivity contribution >= 4 is 27.5 Å². The molecule has 2 aromatic carbocycles. The van der Waals surface area contributed by atoms with Crippen molar-refractivity contribution in [2.75, 3.05) is 5.32 Å². The number of carbonyl (C=O) groups excluding carboxylic acids is 1. The van der Waals surface area contributed by atoms with Gasteiger partial charge in [-0.3, -0.25) is 4.79 Å². The van der Waals surface area contributed by atoms with Crippen molar-refractivity contribution in [2.24, 2.45) is 0 Å². The first-order valence-corrected chi connectivity index (χ1v) is 6.39. The van der Waals surface area contributed by atoms with Gasteiger partial charge in [-0.25, -0.2) is 13.2 Å². The highest BCUT2D eigenvalue weighted by Crippen LogP contribution is 2.22. The molecule has 0 heterocycles. The molecular formula is C14H9BrF3NO. The van der Waals surface area contributed by atoms with E-state index in [0.29, 0.717) is 16.6 Å². The van der Waals surface area contributed by atoms with Gasteiger partial charge in [0.1, 0.15) is 11.5 Å². The van der Waals surface area contributed by atoms with E-state index in [1.807, 2.05) is 0 Å². The van der Waals surface area contributed by atoms with Crippen LogP contribution in [0, 0.1) is 24.4 Å². The summed E-state index contributed by atoms with van der Waals surface area (Å²) in [6, 6.07) is 5.88. The van der Waals surface area contributed by atoms with E-state index in [1.165, 1.54) is 6.07 Å². The predicted octanol–water partition coefficient (Wildman–Crippen LogP) is 4.43. The Balaban J connectivity index is 2.32. The first kappa shape index (κ1) is 14.6. The van der Waals surface area contributed by atoms with E-state index < -0.39 is 29.0 Å². The minimum absolute atomic E-state index is 0.236. The average Bonchev–Trinajstić information content (AvgIpc) is 2.32. The first-order chi connectivity index (χ1) is 9.36. The molecule has 0 aliphatic rings. The highest BCUT2D eigenvalue weighted by molar-refractivity contribution is 9.10. The zero-order chi connectivity index (χ0) is 14.9. The van der Waals surface area contributed by atoms with Crippen molar-refractivity contribution in [1.29, 1.82) is 0 Å². The molecule has 20 heavy (non-hydrogen) atoms. The lowest BCUT2D eigenvalue weighted by Gasteiger charge is -2.09. The quantitative estimate of drug-likeness (QED) is 0.858. The third-order valence-corrected chi connectivity index (χ3v) is 3.01. The Labute approximate surface area is 121 Å². The standard InChI is InChI=1S/C14H9BrF3NO/c1-7-2-8(4-9(15)3-7)14(20)19-13-11(17)5-10(16)6-12(13)18/h2-6H,1H3,(H,19,20). The van der Waals surface area contributed by atoms with Gasteiger partial charge in [0, 0.05) is 22.2 Å². The molecule has 0 aromatic heterocycles. The second-order valence-corrected chi connectivity index (χ2v) is 5.13. The van der Waals surface area contributed by atoms with Crippen molar-refractivity contribution in [3.8, 4) is 0 Å². The number of hydrogen-bond donors (Lipinski definition) is 1. The summed E-state index contributed by atoms with van der Waals surface area (Å²) in [5, 5.41) is 2.10. The van der Waals surface area contributed by atoms with Gasteiger partial charge in [0.05, 0.1) is 0 Å². The fourth-order valence-corrected chi connectivity index (χ4v) is 2.32. The zero-order valence-electron chi connectivity index (χ0n) is 10.3. The molecule has 0 aliphatic carbocycles. The smallest absolute Gasteiger partial charge is 0.255 e. The highest BCUT2D eigenvalue weighted by Gasteiger charge is 2.15. The molecule has 104 valence electrons. The maximum Gasteiger partial charge on any atom is 0.255 e. The monoisotopic (exact) mass is 343 g/mol. The van der Waals surface area contributed by atoms with Gasteiger partial charge in [0.25, 0.3) is 5.91 Å². The van der Waals surface area contributed by atoms with Gasteiger partial charge >= 0.3 is 0 Å². The van der Waals surface area contributed by atoms with Gasteiger partial charge in [-0.05, 0) is 30.7 Å². The second kappa shape index (κ2) is 5.66. The number of rotatable bonds is 2. The molecule has 0 saturated carbocycles. The van der Waals surface area contributed by atoms with E-state index in [-0.39, 0.29) is 5.56 Å². The topological polar surface area (TPSA) is 29.1 Å². The summed E-state index contributed by atoms with van der Waals surface area (Å²) in [6.07, 6.45) is 0. The number of carbonyl (C=O) groups is 1. The van der Waals surface area contributed by atoms with Crippen LogP contribution in [0.15, 0.2) is 34.8 Å². The van der Waals surface area contributed by atoms with Crippen molar-refractivity contribution in [1.82, 2.24) is 0 Å². The van der Waals surface area contributed by atoms with Crippen LogP contribution in [-0.4, -0.2) is 5.91 Å². The Morgan fingerprint density at radius 1 is 1.05 bits per heavy atom. The van der Waals surface area contributed by atoms with Gasteiger partial charge in [0.2, 0.25) is 0 Å². The Kier molecular flexibility index (Phi) is 4.13. The summed E-state index contributed by atoms with van der Waals surface area (Å²) in [6.45, 7) is 1.78. The fraction of sp³-hybridized carbons (Fsp3) is 0.0714. The molecule has 0 spiro atoms. The van der Waals surface area contributed by atoms with Crippen molar-refractivity contribution in [3.05, 3.63) is 63.4 Å². The van der Waals surface area contributed by atoms with Crippen molar-refractivity contribution in [3.63, 3.8) is 0 Å². The van der Waals surface area contributed by atoms with Crippen LogP contribution in [0.5, 0.6) is 0 Å². The molecule has 6 heteroatoms. The lowest BCUT2D eigenvalue weighted by atomic mass is 10.1. The Bertz CT molecular complexity index is 645. The maximum atomic E-state index is 13.4. The maximum absolute atomic E-state index is 13.4. The van der Waals surface area contributed by atoms with Crippen LogP contribution in [0.3, 0.4) is 0 Å². The van der Waals surface area contributed by atoms with Crippen LogP contribution in [0.4, 0.5) is 18.9 Å². The van der Waals surface area contributed by atoms with E-state index in [4.69, 9.17) is 0 Å². The highest BCUT2D eigenvalue weighted by atomic mass is 79.9. The van der Waals surface area contributed by atoms with Gasteiger partial charge in [-0.1, -0.05) is 15.9 Å². The normalized spacial score (nSPS) is 10.4. The van der Waals surface area contributed by atoms with Crippen LogP contribution in [0.25, 0.3) is 0 Å². The number of hydrogen-bond acceptors (Lipinski definition) is 1.